The number of carboxylic acids is 1. The van der Waals surface area contributed by atoms with Crippen molar-refractivity contribution < 1.29 is 9.90 Å². The second kappa shape index (κ2) is 7.31. The lowest BCUT2D eigenvalue weighted by atomic mass is 9.58. The third kappa shape index (κ3) is 3.42. The maximum Gasteiger partial charge on any atom is 0.309 e. The summed E-state index contributed by atoms with van der Waals surface area (Å²) in [5, 5.41) is 18.9. The molecular formula is C21H22Cl2N6O2. The van der Waals surface area contributed by atoms with Crippen LogP contribution in [0, 0.1) is 17.3 Å². The molecule has 3 heterocycles. The Hall–Kier alpha value is -2.45. The minimum atomic E-state index is -0.688. The summed E-state index contributed by atoms with van der Waals surface area (Å²) in [6, 6.07) is 5.20. The first-order valence-corrected chi connectivity index (χ1v) is 11.0. The number of fused-ring (bicyclic) bond motifs is 1. The molecule has 0 radical (unpaired) electrons. The smallest absolute Gasteiger partial charge is 0.309 e. The molecule has 8 nitrogen and oxygen atoms in total. The highest BCUT2D eigenvalue weighted by Gasteiger charge is 2.51. The Balaban J connectivity index is 1.33. The fourth-order valence-electron chi connectivity index (χ4n) is 4.71. The number of hydrogen-bond donors (Lipinski definition) is 1. The number of aliphatic carboxylic acids is 1. The molecule has 0 unspecified atom stereocenters. The number of hydrogen-bond acceptors (Lipinski definition) is 6. The summed E-state index contributed by atoms with van der Waals surface area (Å²) in [7, 11) is 0. The van der Waals surface area contributed by atoms with Gasteiger partial charge in [0.15, 0.2) is 0 Å². The Kier molecular flexibility index (Phi) is 4.82. The SMILES string of the molecule is C[C@H](c1ccc(Cl)cc1Cl)n1nnc2ncc(N3CC(C4CC(C)(C(=O)O)C4)C3)nc21. The average Bonchev–Trinajstić information content (AvgIpc) is 3.08. The van der Waals surface area contributed by atoms with E-state index in [-0.39, 0.29) is 6.04 Å². The van der Waals surface area contributed by atoms with Crippen LogP contribution in [0.2, 0.25) is 10.0 Å². The van der Waals surface area contributed by atoms with Crippen molar-refractivity contribution in [2.24, 2.45) is 17.3 Å². The monoisotopic (exact) mass is 460 g/mol. The van der Waals surface area contributed by atoms with Gasteiger partial charge in [-0.05, 0) is 56.2 Å². The van der Waals surface area contributed by atoms with Gasteiger partial charge >= 0.3 is 5.97 Å². The van der Waals surface area contributed by atoms with Crippen LogP contribution in [0.3, 0.4) is 0 Å². The van der Waals surface area contributed by atoms with E-state index < -0.39 is 11.4 Å². The molecular weight excluding hydrogens is 439 g/mol. The van der Waals surface area contributed by atoms with E-state index in [9.17, 15) is 9.90 Å². The first-order chi connectivity index (χ1) is 14.7. The van der Waals surface area contributed by atoms with Crippen molar-refractivity contribution in [3.63, 3.8) is 0 Å². The summed E-state index contributed by atoms with van der Waals surface area (Å²) in [5.74, 6) is 1.06. The molecule has 1 saturated heterocycles. The molecule has 1 aromatic carbocycles. The maximum absolute atomic E-state index is 11.3. The minimum absolute atomic E-state index is 0.188. The van der Waals surface area contributed by atoms with Crippen LogP contribution in [0.25, 0.3) is 11.3 Å². The van der Waals surface area contributed by atoms with Crippen LogP contribution in [0.15, 0.2) is 24.4 Å². The number of rotatable bonds is 5. The molecule has 0 bridgehead atoms. The summed E-state index contributed by atoms with van der Waals surface area (Å²) in [4.78, 5) is 22.7. The first-order valence-electron chi connectivity index (χ1n) is 10.3. The maximum atomic E-state index is 11.3. The van der Waals surface area contributed by atoms with E-state index in [0.717, 1.165) is 37.3 Å². The van der Waals surface area contributed by atoms with Crippen LogP contribution in [0.4, 0.5) is 5.82 Å². The summed E-state index contributed by atoms with van der Waals surface area (Å²) in [5.41, 5.74) is 1.40. The third-order valence-electron chi connectivity index (χ3n) is 6.80. The fourth-order valence-corrected chi connectivity index (χ4v) is 5.28. The van der Waals surface area contributed by atoms with Crippen LogP contribution < -0.4 is 4.90 Å². The topological polar surface area (TPSA) is 97.0 Å². The van der Waals surface area contributed by atoms with E-state index in [2.05, 4.69) is 20.2 Å². The second-order valence-corrected chi connectivity index (χ2v) is 9.79. The lowest BCUT2D eigenvalue weighted by molar-refractivity contribution is -0.158. The molecule has 10 heteroatoms. The van der Waals surface area contributed by atoms with Gasteiger partial charge in [-0.25, -0.2) is 14.6 Å². The van der Waals surface area contributed by atoms with E-state index in [1.807, 2.05) is 19.9 Å². The molecule has 0 spiro atoms. The second-order valence-electron chi connectivity index (χ2n) is 8.95. The van der Waals surface area contributed by atoms with Gasteiger partial charge in [0, 0.05) is 23.1 Å². The van der Waals surface area contributed by atoms with Crippen molar-refractivity contribution in [1.29, 1.82) is 0 Å². The van der Waals surface area contributed by atoms with Crippen molar-refractivity contribution in [2.75, 3.05) is 18.0 Å². The molecule has 1 aliphatic carbocycles. The van der Waals surface area contributed by atoms with Gasteiger partial charge in [-0.2, -0.15) is 0 Å². The molecule has 2 aliphatic rings. The van der Waals surface area contributed by atoms with E-state index in [1.54, 1.807) is 23.0 Å². The van der Waals surface area contributed by atoms with Crippen molar-refractivity contribution in [1.82, 2.24) is 25.0 Å². The number of carbonyl (C=O) groups is 1. The van der Waals surface area contributed by atoms with Crippen LogP contribution in [0.1, 0.15) is 38.3 Å². The zero-order valence-corrected chi connectivity index (χ0v) is 18.7. The zero-order valence-electron chi connectivity index (χ0n) is 17.2. The van der Waals surface area contributed by atoms with E-state index >= 15 is 0 Å². The Morgan fingerprint density at radius 3 is 2.68 bits per heavy atom. The van der Waals surface area contributed by atoms with Gasteiger partial charge in [0.25, 0.3) is 0 Å². The van der Waals surface area contributed by atoms with Crippen LogP contribution >= 0.6 is 23.2 Å². The normalized spacial score (nSPS) is 24.6. The van der Waals surface area contributed by atoms with Gasteiger partial charge in [-0.3, -0.25) is 4.79 Å². The molecule has 162 valence electrons. The lowest BCUT2D eigenvalue weighted by Gasteiger charge is -2.52. The molecule has 2 aromatic heterocycles. The van der Waals surface area contributed by atoms with Gasteiger partial charge < -0.3 is 10.0 Å². The van der Waals surface area contributed by atoms with Crippen molar-refractivity contribution in [3.05, 3.63) is 40.0 Å². The highest BCUT2D eigenvalue weighted by atomic mass is 35.5. The Labute approximate surface area is 189 Å². The highest BCUT2D eigenvalue weighted by Crippen LogP contribution is 2.51. The average molecular weight is 461 g/mol. The molecule has 3 aromatic rings. The predicted octanol–water partition coefficient (Wildman–Crippen LogP) is 4.07. The highest BCUT2D eigenvalue weighted by molar-refractivity contribution is 6.35. The minimum Gasteiger partial charge on any atom is -0.481 e. The van der Waals surface area contributed by atoms with Crippen molar-refractivity contribution in [3.8, 4) is 0 Å². The fraction of sp³-hybridized carbons (Fsp3) is 0.476. The first kappa shape index (κ1) is 20.5. The van der Waals surface area contributed by atoms with Gasteiger partial charge in [-0.15, -0.1) is 5.10 Å². The van der Waals surface area contributed by atoms with Crippen molar-refractivity contribution >= 4 is 46.3 Å². The van der Waals surface area contributed by atoms with E-state index in [0.29, 0.717) is 33.2 Å². The van der Waals surface area contributed by atoms with Crippen LogP contribution in [-0.2, 0) is 4.79 Å². The Morgan fingerprint density at radius 1 is 1.26 bits per heavy atom. The number of anilines is 1. The molecule has 1 aliphatic heterocycles. The summed E-state index contributed by atoms with van der Waals surface area (Å²) in [6.45, 7) is 5.54. The van der Waals surface area contributed by atoms with Crippen molar-refractivity contribution in [2.45, 2.75) is 32.7 Å². The van der Waals surface area contributed by atoms with E-state index in [1.165, 1.54) is 0 Å². The van der Waals surface area contributed by atoms with Gasteiger partial charge in [-0.1, -0.05) is 34.5 Å². The summed E-state index contributed by atoms with van der Waals surface area (Å²) in [6.07, 6.45) is 3.23. The number of carboxylic acid groups (broad SMARTS) is 1. The largest absolute Gasteiger partial charge is 0.481 e. The number of aromatic nitrogens is 5. The third-order valence-corrected chi connectivity index (χ3v) is 7.36. The molecule has 1 N–H and O–H groups in total. The number of benzene rings is 1. The molecule has 5 rings (SSSR count). The van der Waals surface area contributed by atoms with E-state index in [4.69, 9.17) is 28.2 Å². The number of halogens is 2. The predicted molar refractivity (Wildman–Crippen MR) is 118 cm³/mol. The van der Waals surface area contributed by atoms with Crippen LogP contribution in [-0.4, -0.2) is 49.1 Å². The lowest BCUT2D eigenvalue weighted by Crippen LogP contribution is -2.56. The van der Waals surface area contributed by atoms with Gasteiger partial charge in [0.2, 0.25) is 11.3 Å². The molecule has 1 saturated carbocycles. The molecule has 31 heavy (non-hydrogen) atoms. The molecule has 0 amide bonds. The van der Waals surface area contributed by atoms with Gasteiger partial charge in [0.1, 0.15) is 5.82 Å². The molecule has 2 fully saturated rings. The zero-order chi connectivity index (χ0) is 21.9. The number of nitrogens with zero attached hydrogens (tertiary/aromatic N) is 6. The summed E-state index contributed by atoms with van der Waals surface area (Å²) >= 11 is 12.4. The molecule has 1 atom stereocenters. The quantitative estimate of drug-likeness (QED) is 0.612. The van der Waals surface area contributed by atoms with Crippen LogP contribution in [0.5, 0.6) is 0 Å². The Bertz CT molecular complexity index is 1170. The Morgan fingerprint density at radius 2 is 2.00 bits per heavy atom. The van der Waals surface area contributed by atoms with Gasteiger partial charge in [0.05, 0.1) is 17.7 Å². The summed E-state index contributed by atoms with van der Waals surface area (Å²) < 4.78 is 1.72. The standard InChI is InChI=1S/C21H22Cl2N6O2/c1-11(15-4-3-14(22)5-16(15)23)29-19-18(26-27-29)24-8-17(25-19)28-9-13(10-28)12-6-21(2,7-12)20(30)31/h3-5,8,11-13H,6-7,9-10H2,1-2H3,(H,30,31)/t11-,12?,21?/m1/s1.